The molecule has 0 saturated heterocycles. The van der Waals surface area contributed by atoms with Crippen LogP contribution in [0.25, 0.3) is 0 Å². The third-order valence-corrected chi connectivity index (χ3v) is 6.79. The molecule has 3 aromatic rings. The van der Waals surface area contributed by atoms with E-state index in [-0.39, 0.29) is 9.79 Å². The number of nitrogens with two attached hydrogens (primary N) is 1. The van der Waals surface area contributed by atoms with E-state index in [0.29, 0.717) is 12.4 Å². The number of hydrogen-bond acceptors (Lipinski definition) is 6. The average Bonchev–Trinajstić information content (AvgIpc) is 2.72. The molecule has 158 valence electrons. The topological polar surface area (TPSA) is 128 Å². The van der Waals surface area contributed by atoms with Crippen LogP contribution in [0, 0.1) is 0 Å². The van der Waals surface area contributed by atoms with Gasteiger partial charge in [-0.3, -0.25) is 4.98 Å². The Morgan fingerprint density at radius 2 is 1.60 bits per heavy atom. The summed E-state index contributed by atoms with van der Waals surface area (Å²) in [6.07, 6.45) is 3.41. The molecule has 0 aliphatic rings. The second kappa shape index (κ2) is 8.92. The first-order valence-corrected chi connectivity index (χ1v) is 11.9. The molecule has 0 fully saturated rings. The normalized spacial score (nSPS) is 13.0. The lowest BCUT2D eigenvalue weighted by molar-refractivity contribution is 0.305. The van der Waals surface area contributed by atoms with E-state index < -0.39 is 26.1 Å². The van der Waals surface area contributed by atoms with E-state index in [2.05, 4.69) is 9.71 Å². The number of benzene rings is 2. The second-order valence-corrected chi connectivity index (χ2v) is 9.85. The number of primary sulfonamides is 1. The zero-order chi connectivity index (χ0) is 21.8. The number of aromatic nitrogens is 1. The first kappa shape index (κ1) is 21.9. The van der Waals surface area contributed by atoms with Crippen LogP contribution in [-0.2, 0) is 26.7 Å². The van der Waals surface area contributed by atoms with Gasteiger partial charge in [0.05, 0.1) is 9.79 Å². The van der Waals surface area contributed by atoms with E-state index >= 15 is 0 Å². The number of sulfonamides is 2. The molecule has 0 saturated carbocycles. The molecule has 1 aromatic heterocycles. The smallest absolute Gasteiger partial charge is 0.241 e. The van der Waals surface area contributed by atoms with E-state index in [4.69, 9.17) is 9.88 Å². The Kier molecular flexibility index (Phi) is 6.52. The van der Waals surface area contributed by atoms with Crippen molar-refractivity contribution in [2.24, 2.45) is 5.14 Å². The van der Waals surface area contributed by atoms with E-state index in [1.165, 1.54) is 12.1 Å². The monoisotopic (exact) mass is 447 g/mol. The molecule has 1 atom stereocenters. The molecular formula is C20H21N3O5S2. The van der Waals surface area contributed by atoms with Gasteiger partial charge in [0, 0.05) is 24.0 Å². The highest BCUT2D eigenvalue weighted by molar-refractivity contribution is 7.89. The summed E-state index contributed by atoms with van der Waals surface area (Å²) >= 11 is 0. The molecule has 0 aliphatic carbocycles. The van der Waals surface area contributed by atoms with Gasteiger partial charge < -0.3 is 4.74 Å². The third-order valence-electron chi connectivity index (χ3n) is 4.30. The van der Waals surface area contributed by atoms with Crippen LogP contribution in [0.1, 0.15) is 24.1 Å². The van der Waals surface area contributed by atoms with E-state index in [0.717, 1.165) is 23.3 Å². The minimum atomic E-state index is -3.89. The predicted octanol–water partition coefficient (Wildman–Crippen LogP) is 2.35. The molecule has 8 nitrogen and oxygen atoms in total. The van der Waals surface area contributed by atoms with E-state index in [9.17, 15) is 16.8 Å². The standard InChI is InChI=1S/C20H21N3O5S2/c1-15(23-30(26,27)20-10-8-19(9-11-20)29(21,24)25)17-4-6-18(7-5-17)28-14-16-3-2-12-22-13-16/h2-13,15,23H,14H2,1H3,(H2,21,24,25). The van der Waals surface area contributed by atoms with Gasteiger partial charge in [-0.05, 0) is 55.0 Å². The van der Waals surface area contributed by atoms with Gasteiger partial charge in [-0.25, -0.2) is 26.7 Å². The van der Waals surface area contributed by atoms with Crippen molar-refractivity contribution in [1.82, 2.24) is 9.71 Å². The van der Waals surface area contributed by atoms with Gasteiger partial charge >= 0.3 is 0 Å². The molecule has 3 N–H and O–H groups in total. The fourth-order valence-electron chi connectivity index (χ4n) is 2.68. The maximum Gasteiger partial charge on any atom is 0.241 e. The number of hydrogen-bond donors (Lipinski definition) is 2. The average molecular weight is 448 g/mol. The molecule has 30 heavy (non-hydrogen) atoms. The van der Waals surface area contributed by atoms with Crippen molar-refractivity contribution in [2.45, 2.75) is 29.4 Å². The SMILES string of the molecule is CC(NS(=O)(=O)c1ccc(S(N)(=O)=O)cc1)c1ccc(OCc2cccnc2)cc1. The van der Waals surface area contributed by atoms with Crippen LogP contribution in [0.3, 0.4) is 0 Å². The summed E-state index contributed by atoms with van der Waals surface area (Å²) in [5.41, 5.74) is 1.68. The quantitative estimate of drug-likeness (QED) is 0.545. The van der Waals surface area contributed by atoms with Crippen molar-refractivity contribution >= 4 is 20.0 Å². The number of nitrogens with one attached hydrogen (secondary N) is 1. The lowest BCUT2D eigenvalue weighted by Gasteiger charge is -2.15. The first-order valence-electron chi connectivity index (χ1n) is 8.92. The fourth-order valence-corrected chi connectivity index (χ4v) is 4.43. The van der Waals surface area contributed by atoms with Gasteiger partial charge in [0.15, 0.2) is 0 Å². The van der Waals surface area contributed by atoms with Gasteiger partial charge in [0.25, 0.3) is 0 Å². The summed E-state index contributed by atoms with van der Waals surface area (Å²) < 4.78 is 56.0. The van der Waals surface area contributed by atoms with Crippen LogP contribution >= 0.6 is 0 Å². The first-order chi connectivity index (χ1) is 14.1. The fraction of sp³-hybridized carbons (Fsp3) is 0.150. The summed E-state index contributed by atoms with van der Waals surface area (Å²) in [5.74, 6) is 0.649. The van der Waals surface area contributed by atoms with Crippen LogP contribution in [0.15, 0.2) is 82.8 Å². The molecule has 0 amide bonds. The number of rotatable bonds is 8. The second-order valence-electron chi connectivity index (χ2n) is 6.58. The highest BCUT2D eigenvalue weighted by Gasteiger charge is 2.19. The van der Waals surface area contributed by atoms with Crippen molar-refractivity contribution in [2.75, 3.05) is 0 Å². The highest BCUT2D eigenvalue weighted by Crippen LogP contribution is 2.21. The minimum absolute atomic E-state index is 0.0572. The van der Waals surface area contributed by atoms with Crippen LogP contribution < -0.4 is 14.6 Å². The van der Waals surface area contributed by atoms with Gasteiger partial charge in [-0.1, -0.05) is 18.2 Å². The highest BCUT2D eigenvalue weighted by atomic mass is 32.2. The van der Waals surface area contributed by atoms with Crippen LogP contribution in [0.4, 0.5) is 0 Å². The largest absolute Gasteiger partial charge is 0.489 e. The molecule has 2 aromatic carbocycles. The maximum absolute atomic E-state index is 12.6. The molecule has 0 bridgehead atoms. The van der Waals surface area contributed by atoms with Crippen molar-refractivity contribution in [3.8, 4) is 5.75 Å². The van der Waals surface area contributed by atoms with Crippen molar-refractivity contribution in [3.63, 3.8) is 0 Å². The molecule has 0 spiro atoms. The number of pyridine rings is 1. The summed E-state index contributed by atoms with van der Waals surface area (Å²) in [6.45, 7) is 2.09. The Bertz CT molecular complexity index is 1200. The lowest BCUT2D eigenvalue weighted by atomic mass is 10.1. The zero-order valence-electron chi connectivity index (χ0n) is 16.1. The Balaban J connectivity index is 1.65. The van der Waals surface area contributed by atoms with Gasteiger partial charge in [-0.15, -0.1) is 0 Å². The Labute approximate surface area is 175 Å². The number of ether oxygens (including phenoxy) is 1. The maximum atomic E-state index is 12.6. The summed E-state index contributed by atoms with van der Waals surface area (Å²) in [6, 6.07) is 15.0. The summed E-state index contributed by atoms with van der Waals surface area (Å²) in [5, 5.41) is 5.03. The third kappa shape index (κ3) is 5.63. The van der Waals surface area contributed by atoms with E-state index in [1.807, 2.05) is 12.1 Å². The lowest BCUT2D eigenvalue weighted by Crippen LogP contribution is -2.27. The van der Waals surface area contributed by atoms with Gasteiger partial charge in [-0.2, -0.15) is 0 Å². The van der Waals surface area contributed by atoms with Crippen molar-refractivity contribution in [3.05, 3.63) is 84.2 Å². The minimum Gasteiger partial charge on any atom is -0.489 e. The van der Waals surface area contributed by atoms with Crippen LogP contribution in [-0.4, -0.2) is 21.8 Å². The Hall–Kier alpha value is -2.79. The zero-order valence-corrected chi connectivity index (χ0v) is 17.7. The Morgan fingerprint density at radius 3 is 2.17 bits per heavy atom. The predicted molar refractivity (Wildman–Crippen MR) is 112 cm³/mol. The molecule has 10 heteroatoms. The van der Waals surface area contributed by atoms with Gasteiger partial charge in [0.2, 0.25) is 20.0 Å². The van der Waals surface area contributed by atoms with Crippen molar-refractivity contribution in [1.29, 1.82) is 0 Å². The Morgan fingerprint density at radius 1 is 0.967 bits per heavy atom. The van der Waals surface area contributed by atoms with Crippen molar-refractivity contribution < 1.29 is 21.6 Å². The van der Waals surface area contributed by atoms with Crippen LogP contribution in [0.2, 0.25) is 0 Å². The molecule has 0 radical (unpaired) electrons. The van der Waals surface area contributed by atoms with Crippen LogP contribution in [0.5, 0.6) is 5.75 Å². The summed E-state index contributed by atoms with van der Waals surface area (Å²) in [4.78, 5) is 3.82. The van der Waals surface area contributed by atoms with Gasteiger partial charge in [0.1, 0.15) is 12.4 Å². The molecule has 3 rings (SSSR count). The van der Waals surface area contributed by atoms with E-state index in [1.54, 1.807) is 43.6 Å². The molecule has 1 heterocycles. The molecule has 0 aliphatic heterocycles. The summed E-state index contributed by atoms with van der Waals surface area (Å²) in [7, 11) is -7.74. The molecular weight excluding hydrogens is 426 g/mol. The number of nitrogens with zero attached hydrogens (tertiary/aromatic N) is 1. The molecule has 1 unspecified atom stereocenters.